The smallest absolute Gasteiger partial charge is 0.310 e. The quantitative estimate of drug-likeness (QED) is 0.328. The third kappa shape index (κ3) is 5.75. The molecule has 4 fully saturated rings. The van der Waals surface area contributed by atoms with Crippen molar-refractivity contribution in [1.82, 2.24) is 9.80 Å². The fraction of sp³-hybridized carbons (Fsp3) is 0.710. The van der Waals surface area contributed by atoms with Crippen molar-refractivity contribution < 1.29 is 23.7 Å². The first-order chi connectivity index (χ1) is 18.4. The van der Waals surface area contributed by atoms with Crippen LogP contribution in [0.1, 0.15) is 51.0 Å². The molecule has 2 saturated heterocycles. The van der Waals surface area contributed by atoms with Crippen LogP contribution >= 0.6 is 0 Å². The molecular formula is C31H46N2O5. The fourth-order valence-corrected chi connectivity index (χ4v) is 7.64. The Morgan fingerprint density at radius 2 is 2.03 bits per heavy atom. The number of esters is 1. The van der Waals surface area contributed by atoms with Gasteiger partial charge in [-0.15, -0.1) is 0 Å². The summed E-state index contributed by atoms with van der Waals surface area (Å²) in [6, 6.07) is 6.05. The van der Waals surface area contributed by atoms with Gasteiger partial charge in [0.2, 0.25) is 0 Å². The number of methoxy groups -OCH3 is 2. The molecule has 0 radical (unpaired) electrons. The molecular weight excluding hydrogens is 480 g/mol. The minimum atomic E-state index is -0.0979. The summed E-state index contributed by atoms with van der Waals surface area (Å²) < 4.78 is 22.9. The molecule has 0 bridgehead atoms. The number of benzene rings is 1. The van der Waals surface area contributed by atoms with E-state index in [2.05, 4.69) is 29.4 Å². The van der Waals surface area contributed by atoms with Crippen LogP contribution in [0.15, 0.2) is 30.4 Å². The number of ether oxygens (including phenoxy) is 4. The summed E-state index contributed by atoms with van der Waals surface area (Å²) in [4.78, 5) is 18.2. The van der Waals surface area contributed by atoms with Crippen LogP contribution in [0.2, 0.25) is 0 Å². The van der Waals surface area contributed by atoms with E-state index in [9.17, 15) is 4.79 Å². The van der Waals surface area contributed by atoms with Crippen LogP contribution in [0.4, 0.5) is 0 Å². The molecule has 1 aromatic carbocycles. The highest BCUT2D eigenvalue weighted by Crippen LogP contribution is 2.57. The van der Waals surface area contributed by atoms with Crippen LogP contribution < -0.4 is 9.47 Å². The van der Waals surface area contributed by atoms with Gasteiger partial charge in [0, 0.05) is 37.7 Å². The van der Waals surface area contributed by atoms with Crippen LogP contribution in [0.25, 0.3) is 0 Å². The van der Waals surface area contributed by atoms with Gasteiger partial charge < -0.3 is 18.9 Å². The zero-order valence-electron chi connectivity index (χ0n) is 23.6. The van der Waals surface area contributed by atoms with Crippen molar-refractivity contribution in [3.63, 3.8) is 0 Å². The minimum Gasteiger partial charge on any atom is -0.493 e. The highest BCUT2D eigenvalue weighted by atomic mass is 16.6. The highest BCUT2D eigenvalue weighted by molar-refractivity contribution is 5.75. The topological polar surface area (TPSA) is 60.5 Å². The second-order valence-electron chi connectivity index (χ2n) is 12.1. The van der Waals surface area contributed by atoms with E-state index in [0.717, 1.165) is 82.1 Å². The number of rotatable bonds is 10. The number of para-hydroxylation sites is 1. The maximum Gasteiger partial charge on any atom is 0.310 e. The molecule has 2 heterocycles. The Labute approximate surface area is 228 Å². The van der Waals surface area contributed by atoms with Crippen molar-refractivity contribution in [2.24, 2.45) is 23.2 Å². The molecule has 5 rings (SSSR count). The SMILES string of the molecule is C=C1CCC[C@]2(C)C[C@H]3OC(=O)[C@H](CN(CCCN4CCOCC4)Cc4cccc(OC)c4OC)[C@@H]3C[C@@H]12. The summed E-state index contributed by atoms with van der Waals surface area (Å²) in [5.41, 5.74) is 2.69. The number of carbonyl (C=O) groups excluding carboxylic acids is 1. The molecule has 1 aromatic rings. The first-order valence-corrected chi connectivity index (χ1v) is 14.5. The zero-order valence-corrected chi connectivity index (χ0v) is 23.6. The van der Waals surface area contributed by atoms with Gasteiger partial charge >= 0.3 is 5.97 Å². The van der Waals surface area contributed by atoms with Gasteiger partial charge in [0.15, 0.2) is 11.5 Å². The van der Waals surface area contributed by atoms with Gasteiger partial charge in [-0.3, -0.25) is 14.6 Å². The lowest BCUT2D eigenvalue weighted by molar-refractivity contribution is -0.146. The molecule has 2 aliphatic carbocycles. The van der Waals surface area contributed by atoms with Crippen molar-refractivity contribution in [1.29, 1.82) is 0 Å². The van der Waals surface area contributed by atoms with Gasteiger partial charge in [-0.2, -0.15) is 0 Å². The largest absolute Gasteiger partial charge is 0.493 e. The Morgan fingerprint density at radius 3 is 2.79 bits per heavy atom. The lowest BCUT2D eigenvalue weighted by Crippen LogP contribution is -2.45. The molecule has 5 atom stereocenters. The number of hydrogen-bond acceptors (Lipinski definition) is 7. The zero-order chi connectivity index (χ0) is 26.7. The minimum absolute atomic E-state index is 0.0105. The van der Waals surface area contributed by atoms with Crippen molar-refractivity contribution in [2.45, 2.75) is 58.1 Å². The van der Waals surface area contributed by atoms with Crippen LogP contribution in [0.3, 0.4) is 0 Å². The average molecular weight is 527 g/mol. The predicted octanol–water partition coefficient (Wildman–Crippen LogP) is 4.54. The lowest BCUT2D eigenvalue weighted by Gasteiger charge is -2.50. The van der Waals surface area contributed by atoms with E-state index in [1.807, 2.05) is 12.1 Å². The molecule has 4 aliphatic rings. The number of allylic oxidation sites excluding steroid dienone is 1. The number of fused-ring (bicyclic) bond motifs is 2. The number of morpholine rings is 1. The third-order valence-electron chi connectivity index (χ3n) is 9.71. The van der Waals surface area contributed by atoms with Crippen molar-refractivity contribution in [3.8, 4) is 11.5 Å². The van der Waals surface area contributed by atoms with Gasteiger partial charge in [0.25, 0.3) is 0 Å². The summed E-state index contributed by atoms with van der Waals surface area (Å²) in [5.74, 6) is 2.17. The molecule has 0 unspecified atom stereocenters. The van der Waals surface area contributed by atoms with Gasteiger partial charge in [0.05, 0.1) is 33.4 Å². The number of hydrogen-bond donors (Lipinski definition) is 0. The Hall–Kier alpha value is -2.09. The summed E-state index contributed by atoms with van der Waals surface area (Å²) in [7, 11) is 3.37. The molecule has 0 amide bonds. The van der Waals surface area contributed by atoms with Crippen LogP contribution in [0, 0.1) is 23.2 Å². The normalized spacial score (nSPS) is 31.6. The van der Waals surface area contributed by atoms with Crippen molar-refractivity contribution in [3.05, 3.63) is 35.9 Å². The molecule has 2 aliphatic heterocycles. The van der Waals surface area contributed by atoms with E-state index in [4.69, 9.17) is 18.9 Å². The summed E-state index contributed by atoms with van der Waals surface area (Å²) in [5, 5.41) is 0. The van der Waals surface area contributed by atoms with E-state index in [0.29, 0.717) is 19.0 Å². The predicted molar refractivity (Wildman–Crippen MR) is 147 cm³/mol. The third-order valence-corrected chi connectivity index (χ3v) is 9.71. The van der Waals surface area contributed by atoms with Crippen molar-refractivity contribution >= 4 is 5.97 Å². The second kappa shape index (κ2) is 12.0. The highest BCUT2D eigenvalue weighted by Gasteiger charge is 2.55. The van der Waals surface area contributed by atoms with Crippen LogP contribution in [0.5, 0.6) is 11.5 Å². The molecule has 210 valence electrons. The number of carbonyl (C=O) groups is 1. The molecule has 0 spiro atoms. The molecule has 0 N–H and O–H groups in total. The average Bonchev–Trinajstić information content (AvgIpc) is 3.20. The maximum absolute atomic E-state index is 13.3. The Balaban J connectivity index is 1.32. The molecule has 7 nitrogen and oxygen atoms in total. The first kappa shape index (κ1) is 27.5. The number of nitrogens with zero attached hydrogens (tertiary/aromatic N) is 2. The van der Waals surface area contributed by atoms with Crippen LogP contribution in [-0.2, 0) is 20.8 Å². The van der Waals surface area contributed by atoms with Gasteiger partial charge in [0.1, 0.15) is 6.10 Å². The first-order valence-electron chi connectivity index (χ1n) is 14.5. The summed E-state index contributed by atoms with van der Waals surface area (Å²) in [6.07, 6.45) is 6.64. The van der Waals surface area contributed by atoms with Crippen molar-refractivity contribution in [2.75, 3.05) is 60.2 Å². The van der Waals surface area contributed by atoms with E-state index in [-0.39, 0.29) is 29.3 Å². The Morgan fingerprint density at radius 1 is 1.21 bits per heavy atom. The standard InChI is InChI=1S/C31H46N2O5/c1-22-8-6-11-31(2)19-28-24(18-26(22)31)25(30(34)38-28)21-33(13-7-12-32-14-16-37-17-15-32)20-23-9-5-10-27(35-3)29(23)36-4/h5,9-10,24-26,28H,1,6-8,11-21H2,2-4H3/t24-,25+,26-,28+,31+/m0/s1. The summed E-state index contributed by atoms with van der Waals surface area (Å²) in [6.45, 7) is 13.8. The second-order valence-corrected chi connectivity index (χ2v) is 12.1. The molecule has 7 heteroatoms. The van der Waals surface area contributed by atoms with Crippen LogP contribution in [-0.4, -0.2) is 82.0 Å². The van der Waals surface area contributed by atoms with Gasteiger partial charge in [-0.1, -0.05) is 31.2 Å². The summed E-state index contributed by atoms with van der Waals surface area (Å²) >= 11 is 0. The monoisotopic (exact) mass is 526 g/mol. The maximum atomic E-state index is 13.3. The molecule has 38 heavy (non-hydrogen) atoms. The lowest BCUT2D eigenvalue weighted by atomic mass is 9.55. The fourth-order valence-electron chi connectivity index (χ4n) is 7.64. The van der Waals surface area contributed by atoms with E-state index in [1.54, 1.807) is 14.2 Å². The molecule has 0 aromatic heterocycles. The molecule has 2 saturated carbocycles. The Kier molecular flexibility index (Phi) is 8.65. The van der Waals surface area contributed by atoms with E-state index in [1.165, 1.54) is 18.4 Å². The Bertz CT molecular complexity index is 992. The van der Waals surface area contributed by atoms with E-state index < -0.39 is 0 Å². The van der Waals surface area contributed by atoms with Gasteiger partial charge in [-0.05, 0) is 69.0 Å². The van der Waals surface area contributed by atoms with Gasteiger partial charge in [-0.25, -0.2) is 0 Å². The van der Waals surface area contributed by atoms with E-state index >= 15 is 0 Å².